The van der Waals surface area contributed by atoms with Crippen molar-refractivity contribution in [2.75, 3.05) is 13.1 Å². The molecule has 1 fully saturated rings. The molecule has 4 rings (SSSR count). The number of likely N-dealkylation sites (tertiary alicyclic amines) is 1. The monoisotopic (exact) mass is 349 g/mol. The average molecular weight is 349 g/mol. The second kappa shape index (κ2) is 6.78. The maximum atomic E-state index is 13.1. The highest BCUT2D eigenvalue weighted by Gasteiger charge is 2.26. The molecule has 1 amide bonds. The van der Waals surface area contributed by atoms with Gasteiger partial charge >= 0.3 is 0 Å². The van der Waals surface area contributed by atoms with E-state index in [0.29, 0.717) is 11.6 Å². The molecule has 6 heteroatoms. The Hall–Kier alpha value is -2.89. The van der Waals surface area contributed by atoms with Gasteiger partial charge in [-0.2, -0.15) is 5.10 Å². The number of hydrogen-bond acceptors (Lipinski definition) is 3. The Kier molecular flexibility index (Phi) is 4.32. The standard InChI is InChI=1S/C20H23N5O/c1-15-8-11-25(22-15)18-6-3-5-17(13-18)20(26)23-10-4-7-19(14-23)24-12-9-21-16(24)2/h3,5-6,8-9,11-13,19H,4,7,10,14H2,1-2H3/t19-/m0/s1. The summed E-state index contributed by atoms with van der Waals surface area (Å²) in [4.78, 5) is 19.3. The van der Waals surface area contributed by atoms with Crippen molar-refractivity contribution in [2.45, 2.75) is 32.7 Å². The maximum Gasteiger partial charge on any atom is 0.254 e. The molecule has 26 heavy (non-hydrogen) atoms. The third kappa shape index (κ3) is 3.14. The van der Waals surface area contributed by atoms with Gasteiger partial charge in [0, 0.05) is 37.2 Å². The lowest BCUT2D eigenvalue weighted by molar-refractivity contribution is 0.0678. The van der Waals surface area contributed by atoms with Gasteiger partial charge in [-0.05, 0) is 51.0 Å². The van der Waals surface area contributed by atoms with Crippen molar-refractivity contribution in [1.82, 2.24) is 24.2 Å². The summed E-state index contributed by atoms with van der Waals surface area (Å²) in [6.07, 6.45) is 7.83. The highest BCUT2D eigenvalue weighted by atomic mass is 16.2. The van der Waals surface area contributed by atoms with Crippen LogP contribution in [0.3, 0.4) is 0 Å². The number of hydrogen-bond donors (Lipinski definition) is 0. The number of carbonyl (C=O) groups excluding carboxylic acids is 1. The van der Waals surface area contributed by atoms with Crippen LogP contribution in [-0.4, -0.2) is 43.2 Å². The number of imidazole rings is 1. The van der Waals surface area contributed by atoms with Crippen molar-refractivity contribution in [3.05, 3.63) is 66.0 Å². The second-order valence-corrected chi connectivity index (χ2v) is 6.88. The van der Waals surface area contributed by atoms with Gasteiger partial charge in [0.25, 0.3) is 5.91 Å². The van der Waals surface area contributed by atoms with Crippen molar-refractivity contribution in [3.8, 4) is 5.69 Å². The van der Waals surface area contributed by atoms with Gasteiger partial charge in [-0.15, -0.1) is 0 Å². The number of benzene rings is 1. The zero-order valence-corrected chi connectivity index (χ0v) is 15.2. The van der Waals surface area contributed by atoms with Crippen LogP contribution in [0.5, 0.6) is 0 Å². The summed E-state index contributed by atoms with van der Waals surface area (Å²) >= 11 is 0. The van der Waals surface area contributed by atoms with E-state index in [-0.39, 0.29) is 5.91 Å². The summed E-state index contributed by atoms with van der Waals surface area (Å²) in [6.45, 7) is 5.49. The molecule has 0 bridgehead atoms. The number of aryl methyl sites for hydroxylation is 2. The molecule has 1 saturated heterocycles. The average Bonchev–Trinajstić information content (AvgIpc) is 3.29. The van der Waals surface area contributed by atoms with Crippen LogP contribution in [0.1, 0.15) is 40.8 Å². The minimum atomic E-state index is 0.0817. The third-order valence-corrected chi connectivity index (χ3v) is 5.02. The molecule has 0 N–H and O–H groups in total. The summed E-state index contributed by atoms with van der Waals surface area (Å²) in [5.41, 5.74) is 2.57. The van der Waals surface area contributed by atoms with Crippen LogP contribution in [0, 0.1) is 13.8 Å². The fourth-order valence-electron chi connectivity index (χ4n) is 3.66. The van der Waals surface area contributed by atoms with Crippen LogP contribution in [0.2, 0.25) is 0 Å². The van der Waals surface area contributed by atoms with Gasteiger partial charge in [-0.25, -0.2) is 9.67 Å². The Morgan fingerprint density at radius 1 is 1.19 bits per heavy atom. The summed E-state index contributed by atoms with van der Waals surface area (Å²) < 4.78 is 3.99. The lowest BCUT2D eigenvalue weighted by Crippen LogP contribution is -2.40. The van der Waals surface area contributed by atoms with E-state index in [1.807, 2.05) is 67.7 Å². The fourth-order valence-corrected chi connectivity index (χ4v) is 3.66. The van der Waals surface area contributed by atoms with Crippen LogP contribution in [0.15, 0.2) is 48.9 Å². The summed E-state index contributed by atoms with van der Waals surface area (Å²) in [5.74, 6) is 1.08. The summed E-state index contributed by atoms with van der Waals surface area (Å²) in [7, 11) is 0. The predicted octanol–water partition coefficient (Wildman–Crippen LogP) is 3.16. The van der Waals surface area contributed by atoms with Crippen LogP contribution >= 0.6 is 0 Å². The van der Waals surface area contributed by atoms with Crippen LogP contribution < -0.4 is 0 Å². The largest absolute Gasteiger partial charge is 0.337 e. The van der Waals surface area contributed by atoms with Crippen LogP contribution in [0.4, 0.5) is 0 Å². The molecule has 0 saturated carbocycles. The molecular weight excluding hydrogens is 326 g/mol. The molecular formula is C20H23N5O. The molecule has 3 aromatic rings. The molecule has 1 aromatic carbocycles. The second-order valence-electron chi connectivity index (χ2n) is 6.88. The van der Waals surface area contributed by atoms with Crippen LogP contribution in [0.25, 0.3) is 5.69 Å². The van der Waals surface area contributed by atoms with E-state index in [1.165, 1.54) is 0 Å². The number of carbonyl (C=O) groups is 1. The Morgan fingerprint density at radius 3 is 2.81 bits per heavy atom. The van der Waals surface area contributed by atoms with Gasteiger partial charge in [-0.1, -0.05) is 6.07 Å². The SMILES string of the molecule is Cc1ccn(-c2cccc(C(=O)N3CCC[C@H](n4ccnc4C)C3)c2)n1. The molecule has 2 aromatic heterocycles. The fraction of sp³-hybridized carbons (Fsp3) is 0.350. The smallest absolute Gasteiger partial charge is 0.254 e. The lowest BCUT2D eigenvalue weighted by atomic mass is 10.0. The molecule has 1 aliphatic heterocycles. The number of nitrogens with zero attached hydrogens (tertiary/aromatic N) is 5. The highest BCUT2D eigenvalue weighted by Crippen LogP contribution is 2.24. The molecule has 6 nitrogen and oxygen atoms in total. The number of aromatic nitrogens is 4. The number of amides is 1. The van der Waals surface area contributed by atoms with Crippen molar-refractivity contribution < 1.29 is 4.79 Å². The van der Waals surface area contributed by atoms with E-state index in [0.717, 1.165) is 43.1 Å². The zero-order chi connectivity index (χ0) is 18.1. The van der Waals surface area contributed by atoms with Crippen LogP contribution in [-0.2, 0) is 0 Å². The summed E-state index contributed by atoms with van der Waals surface area (Å²) in [5, 5.41) is 4.43. The Bertz CT molecular complexity index is 926. The van der Waals surface area contributed by atoms with Crippen molar-refractivity contribution in [1.29, 1.82) is 0 Å². The molecule has 1 atom stereocenters. The lowest BCUT2D eigenvalue weighted by Gasteiger charge is -2.34. The van der Waals surface area contributed by atoms with Gasteiger partial charge in [0.15, 0.2) is 0 Å². The van der Waals surface area contributed by atoms with E-state index in [9.17, 15) is 4.79 Å². The predicted molar refractivity (Wildman–Crippen MR) is 99.4 cm³/mol. The van der Waals surface area contributed by atoms with E-state index < -0.39 is 0 Å². The topological polar surface area (TPSA) is 56.0 Å². The van der Waals surface area contributed by atoms with E-state index >= 15 is 0 Å². The number of rotatable bonds is 3. The molecule has 134 valence electrons. The third-order valence-electron chi connectivity index (χ3n) is 5.02. The maximum absolute atomic E-state index is 13.1. The minimum Gasteiger partial charge on any atom is -0.337 e. The van der Waals surface area contributed by atoms with Gasteiger partial charge < -0.3 is 9.47 Å². The van der Waals surface area contributed by atoms with Crippen molar-refractivity contribution >= 4 is 5.91 Å². The quantitative estimate of drug-likeness (QED) is 0.730. The first-order chi connectivity index (χ1) is 12.6. The van der Waals surface area contributed by atoms with Gasteiger partial charge in [0.2, 0.25) is 0 Å². The first-order valence-electron chi connectivity index (χ1n) is 9.03. The van der Waals surface area contributed by atoms with E-state index in [2.05, 4.69) is 14.6 Å². The molecule has 1 aliphatic rings. The minimum absolute atomic E-state index is 0.0817. The summed E-state index contributed by atoms with van der Waals surface area (Å²) in [6, 6.07) is 9.94. The first-order valence-corrected chi connectivity index (χ1v) is 9.03. The van der Waals surface area contributed by atoms with Gasteiger partial charge in [0.1, 0.15) is 5.82 Å². The van der Waals surface area contributed by atoms with Crippen molar-refractivity contribution in [2.24, 2.45) is 0 Å². The Labute approximate surface area is 153 Å². The van der Waals surface area contributed by atoms with Crippen molar-refractivity contribution in [3.63, 3.8) is 0 Å². The van der Waals surface area contributed by atoms with E-state index in [1.54, 1.807) is 4.68 Å². The molecule has 0 unspecified atom stereocenters. The molecule has 3 heterocycles. The molecule has 0 spiro atoms. The Morgan fingerprint density at radius 2 is 2.08 bits per heavy atom. The highest BCUT2D eigenvalue weighted by molar-refractivity contribution is 5.94. The zero-order valence-electron chi connectivity index (χ0n) is 15.2. The normalized spacial score (nSPS) is 17.5. The molecule has 0 aliphatic carbocycles. The first kappa shape index (κ1) is 16.6. The van der Waals surface area contributed by atoms with Gasteiger partial charge in [0.05, 0.1) is 17.4 Å². The van der Waals surface area contributed by atoms with E-state index in [4.69, 9.17) is 0 Å². The Balaban J connectivity index is 1.55. The molecule has 0 radical (unpaired) electrons. The number of piperidine rings is 1. The van der Waals surface area contributed by atoms with Gasteiger partial charge in [-0.3, -0.25) is 4.79 Å².